The van der Waals surface area contributed by atoms with Gasteiger partial charge in [-0.2, -0.15) is 0 Å². The highest BCUT2D eigenvalue weighted by Gasteiger charge is 2.28. The molecule has 3 aromatic carbocycles. The quantitative estimate of drug-likeness (QED) is 0.298. The van der Waals surface area contributed by atoms with E-state index in [-0.39, 0.29) is 0 Å². The second-order valence-electron chi connectivity index (χ2n) is 10.00. The topological polar surface area (TPSA) is 12.9 Å². The highest BCUT2D eigenvalue weighted by atomic mass is 14.7. The van der Waals surface area contributed by atoms with Crippen LogP contribution in [0, 0.1) is 12.8 Å². The molecule has 0 unspecified atom stereocenters. The first-order chi connectivity index (χ1) is 15.1. The molecule has 154 valence electrons. The first-order valence-electron chi connectivity index (χ1n) is 11.7. The van der Waals surface area contributed by atoms with Crippen molar-refractivity contribution >= 4 is 10.8 Å². The van der Waals surface area contributed by atoms with Crippen molar-refractivity contribution < 1.29 is 0 Å². The molecule has 31 heavy (non-hydrogen) atoms. The zero-order chi connectivity index (χ0) is 21.1. The van der Waals surface area contributed by atoms with Crippen LogP contribution in [0.25, 0.3) is 33.2 Å². The van der Waals surface area contributed by atoms with Crippen LogP contribution in [0.15, 0.2) is 60.7 Å². The van der Waals surface area contributed by atoms with Crippen molar-refractivity contribution in [3.8, 4) is 22.4 Å². The Morgan fingerprint density at radius 3 is 2.52 bits per heavy atom. The van der Waals surface area contributed by atoms with Crippen LogP contribution in [0.3, 0.4) is 0 Å². The van der Waals surface area contributed by atoms with E-state index in [2.05, 4.69) is 81.4 Å². The molecule has 6 rings (SSSR count). The summed E-state index contributed by atoms with van der Waals surface area (Å²) in [5, 5.41) is 2.65. The molecule has 4 aromatic rings. The molecule has 1 heteroatoms. The van der Waals surface area contributed by atoms with Crippen LogP contribution in [-0.2, 0) is 12.8 Å². The third-order valence-electron chi connectivity index (χ3n) is 6.88. The SMILES string of the molecule is Cc1cc2c(c(-c3nc(C4CC4)cc4ccc(CC(C)C)cc34)c1)Cc1ccccc1-2. The van der Waals surface area contributed by atoms with Gasteiger partial charge in [0.25, 0.3) is 0 Å². The van der Waals surface area contributed by atoms with Crippen LogP contribution in [0.5, 0.6) is 0 Å². The number of pyridine rings is 1. The molecule has 0 atom stereocenters. The van der Waals surface area contributed by atoms with Gasteiger partial charge < -0.3 is 0 Å². The summed E-state index contributed by atoms with van der Waals surface area (Å²) in [6.45, 7) is 6.82. The van der Waals surface area contributed by atoms with Gasteiger partial charge in [0, 0.05) is 22.6 Å². The lowest BCUT2D eigenvalue weighted by atomic mass is 9.92. The minimum Gasteiger partial charge on any atom is -0.252 e. The van der Waals surface area contributed by atoms with Crippen molar-refractivity contribution in [1.29, 1.82) is 0 Å². The maximum absolute atomic E-state index is 5.33. The summed E-state index contributed by atoms with van der Waals surface area (Å²) >= 11 is 0. The summed E-state index contributed by atoms with van der Waals surface area (Å²) in [7, 11) is 0. The molecule has 1 heterocycles. The molecule has 0 saturated heterocycles. The minimum atomic E-state index is 0.647. The number of aryl methyl sites for hydroxylation is 1. The molecule has 0 bridgehead atoms. The molecular weight excluding hydrogens is 374 g/mol. The van der Waals surface area contributed by atoms with Crippen molar-refractivity contribution in [1.82, 2.24) is 4.98 Å². The summed E-state index contributed by atoms with van der Waals surface area (Å²) in [5.41, 5.74) is 12.2. The van der Waals surface area contributed by atoms with Gasteiger partial charge in [-0.1, -0.05) is 56.3 Å². The Hall–Kier alpha value is -2.93. The lowest BCUT2D eigenvalue weighted by molar-refractivity contribution is 0.648. The van der Waals surface area contributed by atoms with Gasteiger partial charge in [-0.15, -0.1) is 0 Å². The Bertz CT molecular complexity index is 1320. The van der Waals surface area contributed by atoms with Gasteiger partial charge in [-0.25, -0.2) is 0 Å². The molecule has 0 spiro atoms. The predicted molar refractivity (Wildman–Crippen MR) is 131 cm³/mol. The van der Waals surface area contributed by atoms with Crippen LogP contribution in [0.1, 0.15) is 60.6 Å². The number of hydrogen-bond acceptors (Lipinski definition) is 1. The number of benzene rings is 3. The van der Waals surface area contributed by atoms with Gasteiger partial charge in [0.1, 0.15) is 0 Å². The third-order valence-corrected chi connectivity index (χ3v) is 6.88. The average molecular weight is 404 g/mol. The molecule has 0 radical (unpaired) electrons. The molecular formula is C30H29N. The van der Waals surface area contributed by atoms with E-state index in [1.54, 1.807) is 0 Å². The summed E-state index contributed by atoms with van der Waals surface area (Å²) in [4.78, 5) is 5.33. The summed E-state index contributed by atoms with van der Waals surface area (Å²) in [6, 6.07) is 23.0. The lowest BCUT2D eigenvalue weighted by Crippen LogP contribution is -1.99. The van der Waals surface area contributed by atoms with E-state index in [0.717, 1.165) is 12.8 Å². The first-order valence-corrected chi connectivity index (χ1v) is 11.7. The van der Waals surface area contributed by atoms with Gasteiger partial charge in [-0.05, 0) is 95.5 Å². The van der Waals surface area contributed by atoms with Crippen LogP contribution in [0.4, 0.5) is 0 Å². The number of nitrogens with zero attached hydrogens (tertiary/aromatic N) is 1. The van der Waals surface area contributed by atoms with Crippen molar-refractivity contribution in [3.05, 3.63) is 88.6 Å². The standard InChI is InChI=1S/C30H29N/c1-18(2)12-20-8-9-23-17-29(21-10-11-21)31-30(25(23)15-20)28-14-19(3)13-26-24-7-5-4-6-22(24)16-27(26)28/h4-9,13-15,17-18,21H,10-12,16H2,1-3H3. The molecule has 1 saturated carbocycles. The molecule has 1 nitrogen and oxygen atoms in total. The summed E-state index contributed by atoms with van der Waals surface area (Å²) < 4.78 is 0. The van der Waals surface area contributed by atoms with Crippen LogP contribution < -0.4 is 0 Å². The number of hydrogen-bond donors (Lipinski definition) is 0. The Morgan fingerprint density at radius 2 is 1.71 bits per heavy atom. The predicted octanol–water partition coefficient (Wildman–Crippen LogP) is 7.86. The maximum Gasteiger partial charge on any atom is 0.0787 e. The van der Waals surface area contributed by atoms with Gasteiger partial charge >= 0.3 is 0 Å². The molecule has 0 aliphatic heterocycles. The van der Waals surface area contributed by atoms with E-state index in [0.29, 0.717) is 11.8 Å². The molecule has 2 aliphatic rings. The highest BCUT2D eigenvalue weighted by Crippen LogP contribution is 2.45. The fraction of sp³-hybridized carbons (Fsp3) is 0.300. The maximum atomic E-state index is 5.33. The fourth-order valence-electron chi connectivity index (χ4n) is 5.29. The smallest absolute Gasteiger partial charge is 0.0787 e. The molecule has 0 N–H and O–H groups in total. The van der Waals surface area contributed by atoms with Crippen LogP contribution in [-0.4, -0.2) is 4.98 Å². The minimum absolute atomic E-state index is 0.647. The van der Waals surface area contributed by atoms with E-state index in [9.17, 15) is 0 Å². The largest absolute Gasteiger partial charge is 0.252 e. The molecule has 1 fully saturated rings. The highest BCUT2D eigenvalue weighted by molar-refractivity contribution is 5.98. The molecule has 0 amide bonds. The van der Waals surface area contributed by atoms with Crippen LogP contribution >= 0.6 is 0 Å². The van der Waals surface area contributed by atoms with Crippen molar-refractivity contribution in [2.75, 3.05) is 0 Å². The zero-order valence-electron chi connectivity index (χ0n) is 18.7. The molecule has 1 aromatic heterocycles. The number of aromatic nitrogens is 1. The van der Waals surface area contributed by atoms with Crippen molar-refractivity contribution in [3.63, 3.8) is 0 Å². The molecule has 2 aliphatic carbocycles. The second-order valence-corrected chi connectivity index (χ2v) is 10.00. The lowest BCUT2D eigenvalue weighted by Gasteiger charge is -2.16. The Kier molecular flexibility index (Phi) is 4.28. The van der Waals surface area contributed by atoms with Gasteiger partial charge in [0.15, 0.2) is 0 Å². The summed E-state index contributed by atoms with van der Waals surface area (Å²) in [6.07, 6.45) is 4.67. The monoisotopic (exact) mass is 403 g/mol. The Labute approximate surface area is 185 Å². The third kappa shape index (κ3) is 3.28. The zero-order valence-corrected chi connectivity index (χ0v) is 18.7. The van der Waals surface area contributed by atoms with E-state index >= 15 is 0 Å². The van der Waals surface area contributed by atoms with Crippen molar-refractivity contribution in [2.24, 2.45) is 5.92 Å². The normalized spacial score (nSPS) is 14.8. The summed E-state index contributed by atoms with van der Waals surface area (Å²) in [5.74, 6) is 1.30. The second kappa shape index (κ2) is 7.05. The van der Waals surface area contributed by atoms with E-state index in [4.69, 9.17) is 4.98 Å². The fourth-order valence-corrected chi connectivity index (χ4v) is 5.29. The first kappa shape index (κ1) is 18.8. The van der Waals surface area contributed by atoms with E-state index < -0.39 is 0 Å². The van der Waals surface area contributed by atoms with E-state index in [1.807, 2.05) is 0 Å². The Balaban J connectivity index is 1.61. The van der Waals surface area contributed by atoms with Gasteiger partial charge in [-0.3, -0.25) is 4.98 Å². The van der Waals surface area contributed by atoms with Gasteiger partial charge in [0.2, 0.25) is 0 Å². The van der Waals surface area contributed by atoms with Crippen molar-refractivity contribution in [2.45, 2.75) is 52.4 Å². The van der Waals surface area contributed by atoms with E-state index in [1.165, 1.54) is 73.9 Å². The van der Waals surface area contributed by atoms with Gasteiger partial charge in [0.05, 0.1) is 5.69 Å². The number of fused-ring (bicyclic) bond motifs is 4. The Morgan fingerprint density at radius 1 is 0.903 bits per heavy atom. The average Bonchev–Trinajstić information content (AvgIpc) is 3.54. The number of rotatable bonds is 4. The van der Waals surface area contributed by atoms with Crippen LogP contribution in [0.2, 0.25) is 0 Å².